The van der Waals surface area contributed by atoms with Gasteiger partial charge in [0.25, 0.3) is 0 Å². The number of carbonyl (C=O) groups is 2. The Morgan fingerprint density at radius 2 is 1.75 bits per heavy atom. The van der Waals surface area contributed by atoms with Crippen molar-refractivity contribution >= 4 is 11.9 Å². The van der Waals surface area contributed by atoms with Gasteiger partial charge in [0.2, 0.25) is 12.7 Å². The number of unbranched alkanes of at least 4 members (excludes halogenated alkanes) is 2. The summed E-state index contributed by atoms with van der Waals surface area (Å²) in [4.78, 5) is 30.6. The summed E-state index contributed by atoms with van der Waals surface area (Å²) in [5, 5.41) is 20.6. The van der Waals surface area contributed by atoms with Crippen LogP contribution < -0.4 is 9.47 Å². The van der Waals surface area contributed by atoms with Crippen LogP contribution in [0.25, 0.3) is 0 Å². The molecule has 0 aliphatic carbocycles. The van der Waals surface area contributed by atoms with Crippen molar-refractivity contribution in [3.05, 3.63) is 23.3 Å². The predicted molar refractivity (Wildman–Crippen MR) is 148 cm³/mol. The van der Waals surface area contributed by atoms with Crippen molar-refractivity contribution in [1.82, 2.24) is 9.80 Å². The molecule has 2 saturated heterocycles. The van der Waals surface area contributed by atoms with Gasteiger partial charge >= 0.3 is 5.97 Å². The molecular weight excluding hydrogens is 516 g/mol. The molecule has 2 N–H and O–H groups in total. The highest BCUT2D eigenvalue weighted by molar-refractivity contribution is 5.79. The van der Waals surface area contributed by atoms with Crippen LogP contribution in [0.3, 0.4) is 0 Å². The highest BCUT2D eigenvalue weighted by atomic mass is 16.7. The zero-order valence-corrected chi connectivity index (χ0v) is 24.4. The number of carboxylic acids is 1. The van der Waals surface area contributed by atoms with Gasteiger partial charge in [-0.05, 0) is 37.0 Å². The smallest absolute Gasteiger partial charge is 0.308 e. The van der Waals surface area contributed by atoms with Gasteiger partial charge in [0, 0.05) is 42.6 Å². The lowest BCUT2D eigenvalue weighted by Gasteiger charge is -2.37. The fourth-order valence-corrected chi connectivity index (χ4v) is 6.30. The van der Waals surface area contributed by atoms with Crippen molar-refractivity contribution in [3.8, 4) is 11.5 Å². The molecule has 1 aromatic rings. The summed E-state index contributed by atoms with van der Waals surface area (Å²) in [5.74, 6) is -1.05. The number of benzene rings is 1. The lowest BCUT2D eigenvalue weighted by Crippen LogP contribution is -2.47. The second kappa shape index (κ2) is 13.5. The van der Waals surface area contributed by atoms with E-state index >= 15 is 0 Å². The fraction of sp³-hybridized carbons (Fsp3) is 0.733. The van der Waals surface area contributed by atoms with Gasteiger partial charge in [0.15, 0.2) is 17.8 Å². The van der Waals surface area contributed by atoms with Crippen molar-refractivity contribution in [2.45, 2.75) is 84.7 Å². The first-order valence-corrected chi connectivity index (χ1v) is 14.7. The molecule has 2 fully saturated rings. The highest BCUT2D eigenvalue weighted by Crippen LogP contribution is 2.47. The summed E-state index contributed by atoms with van der Waals surface area (Å²) in [5.41, 5.74) is 0.861. The molecule has 1 amide bonds. The van der Waals surface area contributed by atoms with Gasteiger partial charge in [-0.3, -0.25) is 14.5 Å². The van der Waals surface area contributed by atoms with Crippen LogP contribution in [0.4, 0.5) is 0 Å². The van der Waals surface area contributed by atoms with E-state index in [-0.39, 0.29) is 25.9 Å². The lowest BCUT2D eigenvalue weighted by atomic mass is 9.77. The number of rotatable bonds is 14. The third-order valence-electron chi connectivity index (χ3n) is 8.45. The van der Waals surface area contributed by atoms with E-state index in [1.807, 2.05) is 30.9 Å². The highest BCUT2D eigenvalue weighted by Gasteiger charge is 2.51. The topological polar surface area (TPSA) is 118 Å². The molecule has 1 aromatic carbocycles. The Labute approximate surface area is 237 Å². The number of aliphatic hydroxyl groups is 1. The van der Waals surface area contributed by atoms with E-state index in [0.29, 0.717) is 56.3 Å². The van der Waals surface area contributed by atoms with Gasteiger partial charge in [-0.25, -0.2) is 0 Å². The maximum absolute atomic E-state index is 13.7. The van der Waals surface area contributed by atoms with Gasteiger partial charge in [-0.2, -0.15) is 0 Å². The first kappa shape index (κ1) is 30.6. The van der Waals surface area contributed by atoms with Crippen LogP contribution in [0, 0.1) is 11.3 Å². The summed E-state index contributed by atoms with van der Waals surface area (Å²) in [6.07, 6.45) is 3.92. The van der Waals surface area contributed by atoms with Crippen LogP contribution in [0.5, 0.6) is 11.5 Å². The maximum atomic E-state index is 13.7. The third-order valence-corrected chi connectivity index (χ3v) is 8.45. The second-order valence-electron chi connectivity index (χ2n) is 11.9. The SMILES string of the molecule is CCCCN(CCCC)C(=O)CN1C[C@H](c2cc(CO)c3c(c2)OCO3)[C@@H](C(=O)O)[C@@H]1CC(C)(C)C1OCCO1. The van der Waals surface area contributed by atoms with Gasteiger partial charge in [0.1, 0.15) is 0 Å². The minimum absolute atomic E-state index is 0.0320. The Morgan fingerprint density at radius 1 is 1.07 bits per heavy atom. The quantitative estimate of drug-likeness (QED) is 0.351. The van der Waals surface area contributed by atoms with Crippen molar-refractivity contribution in [3.63, 3.8) is 0 Å². The van der Waals surface area contributed by atoms with Crippen LogP contribution >= 0.6 is 0 Å². The molecule has 3 aliphatic heterocycles. The van der Waals surface area contributed by atoms with Gasteiger partial charge in [-0.15, -0.1) is 0 Å². The second-order valence-corrected chi connectivity index (χ2v) is 11.9. The molecule has 40 heavy (non-hydrogen) atoms. The molecule has 0 bridgehead atoms. The van der Waals surface area contributed by atoms with Crippen LogP contribution in [-0.4, -0.2) is 90.4 Å². The first-order chi connectivity index (χ1) is 19.2. The average molecular weight is 563 g/mol. The molecule has 224 valence electrons. The van der Waals surface area contributed by atoms with Crippen molar-refractivity contribution in [2.75, 3.05) is 46.2 Å². The normalized spacial score (nSPS) is 23.2. The number of nitrogens with zero attached hydrogens (tertiary/aromatic N) is 2. The van der Waals surface area contributed by atoms with Gasteiger partial charge in [-0.1, -0.05) is 40.5 Å². The van der Waals surface area contributed by atoms with Crippen LogP contribution in [0.2, 0.25) is 0 Å². The van der Waals surface area contributed by atoms with E-state index in [1.54, 1.807) is 0 Å². The molecule has 3 heterocycles. The number of hydrogen-bond acceptors (Lipinski definition) is 8. The number of ether oxygens (including phenoxy) is 4. The summed E-state index contributed by atoms with van der Waals surface area (Å²) in [6.45, 7) is 11.1. The summed E-state index contributed by atoms with van der Waals surface area (Å²) >= 11 is 0. The van der Waals surface area contributed by atoms with E-state index in [4.69, 9.17) is 18.9 Å². The van der Waals surface area contributed by atoms with Gasteiger partial charge in [0.05, 0.1) is 32.3 Å². The van der Waals surface area contributed by atoms with E-state index in [2.05, 4.69) is 18.7 Å². The Morgan fingerprint density at radius 3 is 2.35 bits per heavy atom. The van der Waals surface area contributed by atoms with Crippen molar-refractivity contribution in [2.24, 2.45) is 11.3 Å². The minimum atomic E-state index is -0.911. The van der Waals surface area contributed by atoms with Crippen LogP contribution in [0.15, 0.2) is 12.1 Å². The largest absolute Gasteiger partial charge is 0.481 e. The zero-order chi connectivity index (χ0) is 28.9. The van der Waals surface area contributed by atoms with Crippen molar-refractivity contribution in [1.29, 1.82) is 0 Å². The minimum Gasteiger partial charge on any atom is -0.481 e. The molecule has 10 heteroatoms. The van der Waals surface area contributed by atoms with E-state index < -0.39 is 35.6 Å². The number of aliphatic hydroxyl groups excluding tert-OH is 1. The fourth-order valence-electron chi connectivity index (χ4n) is 6.30. The molecule has 3 atom stereocenters. The lowest BCUT2D eigenvalue weighted by molar-refractivity contribution is -0.148. The molecular formula is C30H46N2O8. The van der Waals surface area contributed by atoms with E-state index in [1.165, 1.54) is 0 Å². The first-order valence-electron chi connectivity index (χ1n) is 14.7. The molecule has 10 nitrogen and oxygen atoms in total. The summed E-state index contributed by atoms with van der Waals surface area (Å²) in [6, 6.07) is 3.23. The molecule has 0 radical (unpaired) electrons. The molecule has 3 aliphatic rings. The van der Waals surface area contributed by atoms with E-state index in [0.717, 1.165) is 31.2 Å². The number of carbonyl (C=O) groups excluding carboxylic acids is 1. The molecule has 4 rings (SSSR count). The zero-order valence-electron chi connectivity index (χ0n) is 24.4. The molecule has 0 saturated carbocycles. The Balaban J connectivity index is 1.67. The summed E-state index contributed by atoms with van der Waals surface area (Å²) < 4.78 is 22.8. The monoisotopic (exact) mass is 562 g/mol. The van der Waals surface area contributed by atoms with Crippen LogP contribution in [-0.2, 0) is 25.7 Å². The third kappa shape index (κ3) is 6.73. The number of hydrogen-bond donors (Lipinski definition) is 2. The Bertz CT molecular complexity index is 1020. The average Bonchev–Trinajstić information content (AvgIpc) is 3.69. The van der Waals surface area contributed by atoms with Gasteiger partial charge < -0.3 is 34.1 Å². The number of likely N-dealkylation sites (tertiary alicyclic amines) is 1. The maximum Gasteiger partial charge on any atom is 0.308 e. The number of aliphatic carboxylic acids is 1. The molecule has 0 unspecified atom stereocenters. The predicted octanol–water partition coefficient (Wildman–Crippen LogP) is 3.59. The van der Waals surface area contributed by atoms with Crippen molar-refractivity contribution < 1.29 is 38.7 Å². The van der Waals surface area contributed by atoms with E-state index in [9.17, 15) is 19.8 Å². The molecule has 0 aromatic heterocycles. The Hall–Kier alpha value is -2.40. The number of amides is 1. The number of carboxylic acid groups (broad SMARTS) is 1. The Kier molecular flexibility index (Phi) is 10.3. The van der Waals surface area contributed by atoms with Crippen LogP contribution in [0.1, 0.15) is 76.8 Å². The number of fused-ring (bicyclic) bond motifs is 1. The standard InChI is InChI=1S/C30H46N2O8/c1-5-7-9-31(10-8-6-2)25(34)17-32-16-22(20-13-21(18-33)27-24(14-20)39-19-40-27)26(28(35)36)23(32)15-30(3,4)29-37-11-12-38-29/h13-14,22-23,26,29,33H,5-12,15-19H2,1-4H3,(H,35,36)/t22-,23+,26-/m1/s1. The summed E-state index contributed by atoms with van der Waals surface area (Å²) in [7, 11) is 0. The molecule has 0 spiro atoms.